The van der Waals surface area contributed by atoms with Gasteiger partial charge in [-0.3, -0.25) is 4.68 Å². The fourth-order valence-corrected chi connectivity index (χ4v) is 3.36. The van der Waals surface area contributed by atoms with Gasteiger partial charge in [-0.1, -0.05) is 6.07 Å². The Balaban J connectivity index is 1.64. The molecule has 0 aliphatic heterocycles. The predicted molar refractivity (Wildman–Crippen MR) is 88.7 cm³/mol. The minimum absolute atomic E-state index is 0.0580. The zero-order valence-corrected chi connectivity index (χ0v) is 13.6. The van der Waals surface area contributed by atoms with Gasteiger partial charge in [0.25, 0.3) is 0 Å². The molecule has 0 spiro atoms. The lowest BCUT2D eigenvalue weighted by atomic mass is 9.87. The molecule has 8 heteroatoms. The molecule has 0 radical (unpaired) electrons. The first-order valence-electron chi connectivity index (χ1n) is 8.08. The molecule has 1 N–H and O–H groups in total. The van der Waals surface area contributed by atoms with E-state index in [0.29, 0.717) is 0 Å². The van der Waals surface area contributed by atoms with Crippen LogP contribution in [0.4, 0.5) is 14.6 Å². The molecule has 1 unspecified atom stereocenters. The van der Waals surface area contributed by atoms with E-state index < -0.39 is 6.61 Å². The smallest absolute Gasteiger partial charge is 0.387 e. The highest BCUT2D eigenvalue weighted by Gasteiger charge is 2.22. The quantitative estimate of drug-likeness (QED) is 0.784. The summed E-state index contributed by atoms with van der Waals surface area (Å²) in [6, 6.07) is 5.20. The van der Waals surface area contributed by atoms with Crippen LogP contribution >= 0.6 is 0 Å². The summed E-state index contributed by atoms with van der Waals surface area (Å²) in [5, 5.41) is 8.54. The number of nitrogens with one attached hydrogen (secondary N) is 1. The maximum atomic E-state index is 12.4. The SMILES string of the molecule is Cn1ncc2c(NC3CCCc4cc(OC(F)F)ccc43)ncnc21. The molecule has 0 saturated carbocycles. The standard InChI is InChI=1S/C17H17F2N5O/c1-24-16-13(8-22-24)15(20-9-21-16)23-14-4-2-3-10-7-11(25-17(18)19)5-6-12(10)14/h5-9,14,17H,2-4H2,1H3,(H,20,21,23). The number of aryl methyl sites for hydroxylation is 2. The molecular weight excluding hydrogens is 328 g/mol. The van der Waals surface area contributed by atoms with E-state index in [1.165, 1.54) is 6.33 Å². The number of ether oxygens (including phenoxy) is 1. The Morgan fingerprint density at radius 2 is 2.20 bits per heavy atom. The van der Waals surface area contributed by atoms with E-state index in [1.807, 2.05) is 13.1 Å². The van der Waals surface area contributed by atoms with Crippen molar-refractivity contribution in [2.24, 2.45) is 7.05 Å². The summed E-state index contributed by atoms with van der Waals surface area (Å²) in [5.74, 6) is 0.926. The van der Waals surface area contributed by atoms with Crippen molar-refractivity contribution in [3.63, 3.8) is 0 Å². The van der Waals surface area contributed by atoms with E-state index in [2.05, 4.69) is 25.1 Å². The lowest BCUT2D eigenvalue weighted by Gasteiger charge is -2.27. The Labute approximate surface area is 142 Å². The number of halogens is 2. The number of anilines is 1. The molecule has 130 valence electrons. The Bertz CT molecular complexity index is 911. The van der Waals surface area contributed by atoms with Crippen LogP contribution in [-0.2, 0) is 13.5 Å². The first kappa shape index (κ1) is 15.7. The minimum Gasteiger partial charge on any atom is -0.435 e. The lowest BCUT2D eigenvalue weighted by molar-refractivity contribution is -0.0499. The Kier molecular flexibility index (Phi) is 3.95. The van der Waals surface area contributed by atoms with Gasteiger partial charge in [0.1, 0.15) is 17.9 Å². The van der Waals surface area contributed by atoms with Gasteiger partial charge in [-0.25, -0.2) is 9.97 Å². The number of aromatic nitrogens is 4. The average Bonchev–Trinajstić information content (AvgIpc) is 2.97. The molecule has 4 rings (SSSR count). The summed E-state index contributed by atoms with van der Waals surface area (Å²) in [4.78, 5) is 8.58. The summed E-state index contributed by atoms with van der Waals surface area (Å²) >= 11 is 0. The van der Waals surface area contributed by atoms with Crippen molar-refractivity contribution in [3.05, 3.63) is 41.9 Å². The van der Waals surface area contributed by atoms with Gasteiger partial charge in [-0.15, -0.1) is 0 Å². The van der Waals surface area contributed by atoms with Crippen LogP contribution in [0.1, 0.15) is 30.0 Å². The van der Waals surface area contributed by atoms with Gasteiger partial charge in [-0.05, 0) is 42.5 Å². The van der Waals surface area contributed by atoms with Crippen LogP contribution in [-0.4, -0.2) is 26.4 Å². The van der Waals surface area contributed by atoms with Crippen molar-refractivity contribution in [2.75, 3.05) is 5.32 Å². The predicted octanol–water partition coefficient (Wildman–Crippen LogP) is 3.45. The number of fused-ring (bicyclic) bond motifs is 2. The summed E-state index contributed by atoms with van der Waals surface area (Å²) < 4.78 is 31.0. The molecule has 0 amide bonds. The zero-order chi connectivity index (χ0) is 17.4. The lowest BCUT2D eigenvalue weighted by Crippen LogP contribution is -2.18. The van der Waals surface area contributed by atoms with Crippen LogP contribution in [0.5, 0.6) is 5.75 Å². The molecule has 0 fully saturated rings. The number of rotatable bonds is 4. The van der Waals surface area contributed by atoms with Crippen LogP contribution in [0, 0.1) is 0 Å². The van der Waals surface area contributed by atoms with E-state index >= 15 is 0 Å². The molecule has 1 aliphatic carbocycles. The van der Waals surface area contributed by atoms with Gasteiger partial charge >= 0.3 is 6.61 Å². The van der Waals surface area contributed by atoms with Crippen LogP contribution in [0.25, 0.3) is 11.0 Å². The molecule has 2 heterocycles. The third-order valence-electron chi connectivity index (χ3n) is 4.49. The Hall–Kier alpha value is -2.77. The van der Waals surface area contributed by atoms with E-state index in [1.54, 1.807) is 23.0 Å². The molecule has 0 bridgehead atoms. The molecule has 2 aromatic heterocycles. The largest absolute Gasteiger partial charge is 0.435 e. The summed E-state index contributed by atoms with van der Waals surface area (Å²) in [7, 11) is 1.83. The van der Waals surface area contributed by atoms with Crippen molar-refractivity contribution in [2.45, 2.75) is 31.9 Å². The summed E-state index contributed by atoms with van der Waals surface area (Å²) in [5.41, 5.74) is 2.87. The van der Waals surface area contributed by atoms with Crippen LogP contribution in [0.3, 0.4) is 0 Å². The average molecular weight is 345 g/mol. The molecule has 0 saturated heterocycles. The highest BCUT2D eigenvalue weighted by molar-refractivity contribution is 5.86. The van der Waals surface area contributed by atoms with Gasteiger partial charge in [0.05, 0.1) is 17.6 Å². The number of hydrogen-bond acceptors (Lipinski definition) is 5. The van der Waals surface area contributed by atoms with E-state index in [-0.39, 0.29) is 11.8 Å². The second-order valence-corrected chi connectivity index (χ2v) is 6.06. The van der Waals surface area contributed by atoms with E-state index in [0.717, 1.165) is 47.2 Å². The normalized spacial score (nSPS) is 16.9. The first-order valence-corrected chi connectivity index (χ1v) is 8.08. The first-order chi connectivity index (χ1) is 12.1. The Morgan fingerprint density at radius 1 is 1.32 bits per heavy atom. The molecule has 25 heavy (non-hydrogen) atoms. The maximum absolute atomic E-state index is 12.4. The highest BCUT2D eigenvalue weighted by atomic mass is 19.3. The highest BCUT2D eigenvalue weighted by Crippen LogP contribution is 2.35. The van der Waals surface area contributed by atoms with Crippen molar-refractivity contribution in [3.8, 4) is 5.75 Å². The van der Waals surface area contributed by atoms with Gasteiger partial charge < -0.3 is 10.1 Å². The van der Waals surface area contributed by atoms with Crippen molar-refractivity contribution < 1.29 is 13.5 Å². The van der Waals surface area contributed by atoms with Crippen LogP contribution in [0.15, 0.2) is 30.7 Å². The van der Waals surface area contributed by atoms with Crippen molar-refractivity contribution in [1.82, 2.24) is 19.7 Å². The molecule has 1 aromatic carbocycles. The fourth-order valence-electron chi connectivity index (χ4n) is 3.36. The minimum atomic E-state index is -2.81. The topological polar surface area (TPSA) is 64.9 Å². The van der Waals surface area contributed by atoms with E-state index in [9.17, 15) is 8.78 Å². The number of hydrogen-bond donors (Lipinski definition) is 1. The molecule has 3 aromatic rings. The zero-order valence-electron chi connectivity index (χ0n) is 13.6. The second-order valence-electron chi connectivity index (χ2n) is 6.06. The van der Waals surface area contributed by atoms with Crippen LogP contribution < -0.4 is 10.1 Å². The third-order valence-corrected chi connectivity index (χ3v) is 4.49. The van der Waals surface area contributed by atoms with Crippen molar-refractivity contribution in [1.29, 1.82) is 0 Å². The van der Waals surface area contributed by atoms with Crippen molar-refractivity contribution >= 4 is 16.9 Å². The fraction of sp³-hybridized carbons (Fsp3) is 0.353. The molecule has 1 aliphatic rings. The molecule has 1 atom stereocenters. The molecular formula is C17H17F2N5O. The number of nitrogens with zero attached hydrogens (tertiary/aromatic N) is 4. The summed E-state index contributed by atoms with van der Waals surface area (Å²) in [6.07, 6.45) is 5.99. The van der Waals surface area contributed by atoms with Gasteiger partial charge in [0, 0.05) is 7.05 Å². The van der Waals surface area contributed by atoms with E-state index in [4.69, 9.17) is 0 Å². The number of benzene rings is 1. The summed E-state index contributed by atoms with van der Waals surface area (Å²) in [6.45, 7) is -2.81. The number of alkyl halides is 2. The van der Waals surface area contributed by atoms with Gasteiger partial charge in [-0.2, -0.15) is 13.9 Å². The second kappa shape index (κ2) is 6.27. The Morgan fingerprint density at radius 3 is 3.04 bits per heavy atom. The maximum Gasteiger partial charge on any atom is 0.387 e. The van der Waals surface area contributed by atoms with Gasteiger partial charge in [0.15, 0.2) is 5.65 Å². The monoisotopic (exact) mass is 345 g/mol. The molecule has 6 nitrogen and oxygen atoms in total. The van der Waals surface area contributed by atoms with Crippen LogP contribution in [0.2, 0.25) is 0 Å². The third kappa shape index (κ3) is 2.99. The van der Waals surface area contributed by atoms with Gasteiger partial charge in [0.2, 0.25) is 0 Å².